The van der Waals surface area contributed by atoms with Gasteiger partial charge in [-0.25, -0.2) is 4.98 Å². The van der Waals surface area contributed by atoms with Crippen LogP contribution in [0.25, 0.3) is 11.0 Å². The molecule has 0 saturated carbocycles. The predicted octanol–water partition coefficient (Wildman–Crippen LogP) is 5.64. The molecule has 0 spiro atoms. The van der Waals surface area contributed by atoms with Crippen molar-refractivity contribution in [3.05, 3.63) is 88.2 Å². The number of methoxy groups -OCH3 is 1. The highest BCUT2D eigenvalue weighted by Crippen LogP contribution is 2.34. The van der Waals surface area contributed by atoms with E-state index in [1.54, 1.807) is 7.11 Å². The van der Waals surface area contributed by atoms with Gasteiger partial charge < -0.3 is 19.8 Å². The number of nitrogens with zero attached hydrogens (tertiary/aromatic N) is 1. The van der Waals surface area contributed by atoms with E-state index in [4.69, 9.17) is 9.47 Å². The summed E-state index contributed by atoms with van der Waals surface area (Å²) in [6, 6.07) is 22.2. The molecule has 160 valence electrons. The molecule has 0 aliphatic heterocycles. The number of ether oxygens (including phenoxy) is 2. The van der Waals surface area contributed by atoms with Crippen LogP contribution in [0.15, 0.2) is 71.2 Å². The van der Waals surface area contributed by atoms with Crippen LogP contribution >= 0.6 is 15.9 Å². The van der Waals surface area contributed by atoms with Crippen LogP contribution in [0.1, 0.15) is 23.4 Å². The zero-order valence-electron chi connectivity index (χ0n) is 17.5. The van der Waals surface area contributed by atoms with Crippen molar-refractivity contribution in [3.8, 4) is 11.5 Å². The molecule has 5 nitrogen and oxygen atoms in total. The Kier molecular flexibility index (Phi) is 7.22. The number of benzene rings is 3. The first-order valence-corrected chi connectivity index (χ1v) is 11.2. The van der Waals surface area contributed by atoms with Gasteiger partial charge in [0.1, 0.15) is 12.4 Å². The van der Waals surface area contributed by atoms with Crippen LogP contribution in [0.5, 0.6) is 11.5 Å². The standard InChI is InChI=1S/C25H26BrN3O2/c1-30-23-14-19(20(26)15-24(23)31-17-18-8-3-2-4-9-18)16-27-13-7-12-25-28-21-10-5-6-11-22(21)29-25/h2-6,8-11,14-15,27H,7,12-13,16-17H2,1H3,(H,28,29). The number of fused-ring (bicyclic) bond motifs is 1. The van der Waals surface area contributed by atoms with Crippen LogP contribution < -0.4 is 14.8 Å². The first-order chi connectivity index (χ1) is 15.2. The van der Waals surface area contributed by atoms with Crippen LogP contribution in [0, 0.1) is 0 Å². The van der Waals surface area contributed by atoms with Crippen LogP contribution in [0.4, 0.5) is 0 Å². The van der Waals surface area contributed by atoms with E-state index in [-0.39, 0.29) is 0 Å². The van der Waals surface area contributed by atoms with Gasteiger partial charge in [-0.15, -0.1) is 0 Å². The fourth-order valence-electron chi connectivity index (χ4n) is 3.45. The second-order valence-corrected chi connectivity index (χ2v) is 8.20. The quantitative estimate of drug-likeness (QED) is 0.289. The zero-order valence-corrected chi connectivity index (χ0v) is 19.1. The molecular formula is C25H26BrN3O2. The number of H-pyrrole nitrogens is 1. The van der Waals surface area contributed by atoms with Crippen LogP contribution in [-0.4, -0.2) is 23.6 Å². The Morgan fingerprint density at radius 2 is 1.81 bits per heavy atom. The monoisotopic (exact) mass is 479 g/mol. The number of aromatic nitrogens is 2. The topological polar surface area (TPSA) is 59.2 Å². The number of para-hydroxylation sites is 2. The Bertz CT molecular complexity index is 1100. The van der Waals surface area contributed by atoms with Gasteiger partial charge in [0.15, 0.2) is 11.5 Å². The molecule has 4 rings (SSSR count). The Balaban J connectivity index is 1.28. The molecule has 31 heavy (non-hydrogen) atoms. The number of imidazole rings is 1. The smallest absolute Gasteiger partial charge is 0.162 e. The second kappa shape index (κ2) is 10.5. The highest BCUT2D eigenvalue weighted by molar-refractivity contribution is 9.10. The van der Waals surface area contributed by atoms with Crippen molar-refractivity contribution in [2.75, 3.05) is 13.7 Å². The summed E-state index contributed by atoms with van der Waals surface area (Å²) in [4.78, 5) is 8.01. The lowest BCUT2D eigenvalue weighted by molar-refractivity contribution is 0.284. The van der Waals surface area contributed by atoms with Gasteiger partial charge in [-0.1, -0.05) is 58.4 Å². The zero-order chi connectivity index (χ0) is 21.5. The summed E-state index contributed by atoms with van der Waals surface area (Å²) >= 11 is 3.67. The Labute approximate surface area is 190 Å². The largest absolute Gasteiger partial charge is 0.493 e. The predicted molar refractivity (Wildman–Crippen MR) is 128 cm³/mol. The van der Waals surface area contributed by atoms with Crippen molar-refractivity contribution >= 4 is 27.0 Å². The van der Waals surface area contributed by atoms with Crippen molar-refractivity contribution in [3.63, 3.8) is 0 Å². The molecule has 1 aromatic heterocycles. The molecule has 2 N–H and O–H groups in total. The molecule has 0 atom stereocenters. The van der Waals surface area contributed by atoms with E-state index < -0.39 is 0 Å². The SMILES string of the molecule is COc1cc(CNCCCc2nc3ccccc3[nH]2)c(Br)cc1OCc1ccccc1. The van der Waals surface area contributed by atoms with E-state index in [2.05, 4.69) is 37.3 Å². The molecule has 0 radical (unpaired) electrons. The lowest BCUT2D eigenvalue weighted by Crippen LogP contribution is -2.16. The van der Waals surface area contributed by atoms with E-state index in [0.717, 1.165) is 69.9 Å². The average molecular weight is 480 g/mol. The Hall–Kier alpha value is -2.83. The van der Waals surface area contributed by atoms with Gasteiger partial charge >= 0.3 is 0 Å². The second-order valence-electron chi connectivity index (χ2n) is 7.35. The Morgan fingerprint density at radius 3 is 2.61 bits per heavy atom. The van der Waals surface area contributed by atoms with Gasteiger partial charge in [-0.3, -0.25) is 0 Å². The van der Waals surface area contributed by atoms with Crippen LogP contribution in [0.3, 0.4) is 0 Å². The van der Waals surface area contributed by atoms with Crippen molar-refractivity contribution < 1.29 is 9.47 Å². The van der Waals surface area contributed by atoms with E-state index in [0.29, 0.717) is 6.61 Å². The highest BCUT2D eigenvalue weighted by Gasteiger charge is 2.11. The molecule has 0 saturated heterocycles. The first-order valence-electron chi connectivity index (χ1n) is 10.4. The third kappa shape index (κ3) is 5.66. The number of rotatable bonds is 10. The van der Waals surface area contributed by atoms with Crippen LogP contribution in [0.2, 0.25) is 0 Å². The molecule has 0 bridgehead atoms. The summed E-state index contributed by atoms with van der Waals surface area (Å²) in [5, 5.41) is 3.51. The molecule has 0 fully saturated rings. The fourth-order valence-corrected chi connectivity index (χ4v) is 3.91. The van der Waals surface area contributed by atoms with Crippen molar-refractivity contribution in [1.29, 1.82) is 0 Å². The maximum absolute atomic E-state index is 5.98. The summed E-state index contributed by atoms with van der Waals surface area (Å²) < 4.78 is 12.5. The maximum Gasteiger partial charge on any atom is 0.162 e. The number of halogens is 1. The van der Waals surface area contributed by atoms with Gasteiger partial charge in [0.05, 0.1) is 18.1 Å². The summed E-state index contributed by atoms with van der Waals surface area (Å²) in [6.45, 7) is 2.15. The van der Waals surface area contributed by atoms with Crippen molar-refractivity contribution in [2.24, 2.45) is 0 Å². The number of aryl methyl sites for hydroxylation is 1. The van der Waals surface area contributed by atoms with E-state index in [1.807, 2.05) is 60.7 Å². The lowest BCUT2D eigenvalue weighted by Gasteiger charge is -2.14. The van der Waals surface area contributed by atoms with E-state index in [9.17, 15) is 0 Å². The molecular weight excluding hydrogens is 454 g/mol. The number of hydrogen-bond acceptors (Lipinski definition) is 4. The third-order valence-corrected chi connectivity index (χ3v) is 5.83. The summed E-state index contributed by atoms with van der Waals surface area (Å²) in [6.07, 6.45) is 1.92. The van der Waals surface area contributed by atoms with Crippen LogP contribution in [-0.2, 0) is 19.6 Å². The number of nitrogens with one attached hydrogen (secondary N) is 2. The van der Waals surface area contributed by atoms with E-state index in [1.165, 1.54) is 0 Å². The molecule has 0 amide bonds. The first kappa shape index (κ1) is 21.4. The molecule has 1 heterocycles. The minimum Gasteiger partial charge on any atom is -0.493 e. The van der Waals surface area contributed by atoms with Gasteiger partial charge in [0.2, 0.25) is 0 Å². The fraction of sp³-hybridized carbons (Fsp3) is 0.240. The van der Waals surface area contributed by atoms with Gasteiger partial charge in [0, 0.05) is 17.4 Å². The molecule has 0 aliphatic carbocycles. The Morgan fingerprint density at radius 1 is 1.00 bits per heavy atom. The summed E-state index contributed by atoms with van der Waals surface area (Å²) in [5.74, 6) is 2.50. The molecule has 3 aromatic carbocycles. The maximum atomic E-state index is 5.98. The van der Waals surface area contributed by atoms with E-state index >= 15 is 0 Å². The summed E-state index contributed by atoms with van der Waals surface area (Å²) in [7, 11) is 1.67. The minimum absolute atomic E-state index is 0.503. The molecule has 0 aliphatic rings. The molecule has 4 aromatic rings. The average Bonchev–Trinajstić information content (AvgIpc) is 3.22. The minimum atomic E-state index is 0.503. The van der Waals surface area contributed by atoms with Gasteiger partial charge in [0.25, 0.3) is 0 Å². The lowest BCUT2D eigenvalue weighted by atomic mass is 10.2. The number of aromatic amines is 1. The van der Waals surface area contributed by atoms with Crippen molar-refractivity contribution in [1.82, 2.24) is 15.3 Å². The molecule has 0 unspecified atom stereocenters. The third-order valence-electron chi connectivity index (χ3n) is 5.09. The highest BCUT2D eigenvalue weighted by atomic mass is 79.9. The molecule has 6 heteroatoms. The van der Waals surface area contributed by atoms with Gasteiger partial charge in [-0.2, -0.15) is 0 Å². The normalized spacial score (nSPS) is 11.0. The summed E-state index contributed by atoms with van der Waals surface area (Å²) in [5.41, 5.74) is 4.37. The number of hydrogen-bond donors (Lipinski definition) is 2. The van der Waals surface area contributed by atoms with Crippen molar-refractivity contribution in [2.45, 2.75) is 26.0 Å². The van der Waals surface area contributed by atoms with Gasteiger partial charge in [-0.05, 0) is 48.4 Å².